The maximum Gasteiger partial charge on any atom is 0.293 e. The predicted octanol–water partition coefficient (Wildman–Crippen LogP) is 3.81. The summed E-state index contributed by atoms with van der Waals surface area (Å²) in [4.78, 5) is 28.8. The molecule has 8 heteroatoms. The van der Waals surface area contributed by atoms with Crippen molar-refractivity contribution in [2.75, 3.05) is 12.4 Å². The predicted molar refractivity (Wildman–Crippen MR) is 107 cm³/mol. The van der Waals surface area contributed by atoms with Crippen molar-refractivity contribution >= 4 is 28.3 Å². The Hall–Kier alpha value is -3.13. The Labute approximate surface area is 166 Å². The zero-order valence-corrected chi connectivity index (χ0v) is 16.4. The molecule has 3 aromatic rings. The molecule has 0 saturated heterocycles. The Morgan fingerprint density at radius 1 is 1.25 bits per heavy atom. The van der Waals surface area contributed by atoms with Crippen LogP contribution in [0.4, 0.5) is 5.13 Å². The van der Waals surface area contributed by atoms with Gasteiger partial charge in [0, 0.05) is 10.9 Å². The standard InChI is InChI=1S/C20H21N3O4S/c1-3-15(14-7-4-5-8-16(14)26-2)22-18(24)11-13-12-28-20(21-13)23-19(25)17-9-6-10-27-17/h4-10,12,15H,3,11H2,1-2H3,(H,22,24)(H,21,23,25). The van der Waals surface area contributed by atoms with Gasteiger partial charge in [-0.2, -0.15) is 0 Å². The first-order valence-electron chi connectivity index (χ1n) is 8.82. The monoisotopic (exact) mass is 399 g/mol. The molecular formula is C20H21N3O4S. The molecule has 0 saturated carbocycles. The average Bonchev–Trinajstić information content (AvgIpc) is 3.38. The van der Waals surface area contributed by atoms with Crippen molar-refractivity contribution in [3.05, 3.63) is 65.1 Å². The van der Waals surface area contributed by atoms with Crippen LogP contribution in [0.25, 0.3) is 0 Å². The molecule has 2 heterocycles. The highest BCUT2D eigenvalue weighted by molar-refractivity contribution is 7.14. The number of nitrogens with one attached hydrogen (secondary N) is 2. The summed E-state index contributed by atoms with van der Waals surface area (Å²) in [7, 11) is 1.61. The van der Waals surface area contributed by atoms with E-state index in [1.54, 1.807) is 24.6 Å². The van der Waals surface area contributed by atoms with Crippen molar-refractivity contribution in [1.82, 2.24) is 10.3 Å². The number of rotatable bonds is 8. The normalized spacial score (nSPS) is 11.6. The third-order valence-corrected chi connectivity index (χ3v) is 4.92. The number of thiazole rings is 1. The number of ether oxygens (including phenoxy) is 1. The summed E-state index contributed by atoms with van der Waals surface area (Å²) in [6, 6.07) is 10.7. The minimum absolute atomic E-state index is 0.124. The van der Waals surface area contributed by atoms with Gasteiger partial charge in [0.25, 0.3) is 5.91 Å². The Kier molecular flexibility index (Phi) is 6.44. The van der Waals surface area contributed by atoms with Crippen molar-refractivity contribution in [1.29, 1.82) is 0 Å². The zero-order chi connectivity index (χ0) is 19.9. The van der Waals surface area contributed by atoms with Gasteiger partial charge in [0.1, 0.15) is 5.75 Å². The third-order valence-electron chi connectivity index (χ3n) is 4.12. The van der Waals surface area contributed by atoms with Gasteiger partial charge in [-0.15, -0.1) is 11.3 Å². The summed E-state index contributed by atoms with van der Waals surface area (Å²) in [5.74, 6) is 0.424. The second-order valence-corrected chi connectivity index (χ2v) is 6.88. The minimum Gasteiger partial charge on any atom is -0.496 e. The van der Waals surface area contributed by atoms with Crippen LogP contribution >= 0.6 is 11.3 Å². The van der Waals surface area contributed by atoms with E-state index >= 15 is 0 Å². The molecular weight excluding hydrogens is 378 g/mol. The second kappa shape index (κ2) is 9.18. The van der Waals surface area contributed by atoms with Crippen molar-refractivity contribution < 1.29 is 18.7 Å². The van der Waals surface area contributed by atoms with Crippen molar-refractivity contribution in [3.8, 4) is 5.75 Å². The summed E-state index contributed by atoms with van der Waals surface area (Å²) in [6.45, 7) is 2.00. The lowest BCUT2D eigenvalue weighted by Gasteiger charge is -2.19. The van der Waals surface area contributed by atoms with Crippen molar-refractivity contribution in [2.45, 2.75) is 25.8 Å². The molecule has 0 spiro atoms. The number of carbonyl (C=O) groups excluding carboxylic acids is 2. The maximum atomic E-state index is 12.5. The summed E-state index contributed by atoms with van der Waals surface area (Å²) >= 11 is 1.26. The number of furan rings is 1. The number of anilines is 1. The summed E-state index contributed by atoms with van der Waals surface area (Å²) < 4.78 is 10.4. The molecule has 1 aromatic carbocycles. The van der Waals surface area contributed by atoms with Gasteiger partial charge >= 0.3 is 0 Å². The van der Waals surface area contributed by atoms with E-state index in [0.717, 1.165) is 17.7 Å². The molecule has 1 atom stereocenters. The lowest BCUT2D eigenvalue weighted by atomic mass is 10.0. The Balaban J connectivity index is 1.60. The number of benzene rings is 1. The van der Waals surface area contributed by atoms with E-state index < -0.39 is 0 Å². The van der Waals surface area contributed by atoms with E-state index in [-0.39, 0.29) is 30.0 Å². The molecule has 2 N–H and O–H groups in total. The molecule has 0 radical (unpaired) electrons. The molecule has 28 heavy (non-hydrogen) atoms. The molecule has 0 aliphatic rings. The van der Waals surface area contributed by atoms with Crippen molar-refractivity contribution in [2.24, 2.45) is 0 Å². The summed E-state index contributed by atoms with van der Waals surface area (Å²) in [5.41, 5.74) is 1.53. The molecule has 0 aliphatic carbocycles. The van der Waals surface area contributed by atoms with Gasteiger partial charge in [-0.3, -0.25) is 14.9 Å². The first kappa shape index (κ1) is 19.6. The first-order chi connectivity index (χ1) is 13.6. The van der Waals surface area contributed by atoms with E-state index in [4.69, 9.17) is 9.15 Å². The molecule has 3 rings (SSSR count). The number of para-hydroxylation sites is 1. The highest BCUT2D eigenvalue weighted by atomic mass is 32.1. The fourth-order valence-corrected chi connectivity index (χ4v) is 3.48. The van der Waals surface area contributed by atoms with Gasteiger partial charge in [0.15, 0.2) is 10.9 Å². The fraction of sp³-hybridized carbons (Fsp3) is 0.250. The van der Waals surface area contributed by atoms with Gasteiger partial charge in [-0.05, 0) is 24.6 Å². The second-order valence-electron chi connectivity index (χ2n) is 6.02. The van der Waals surface area contributed by atoms with Crippen LogP contribution in [0, 0.1) is 0 Å². The SMILES string of the molecule is CCC(NC(=O)Cc1csc(NC(=O)c2ccco2)n1)c1ccccc1OC. The molecule has 2 amide bonds. The zero-order valence-electron chi connectivity index (χ0n) is 15.6. The highest BCUT2D eigenvalue weighted by Gasteiger charge is 2.18. The summed E-state index contributed by atoms with van der Waals surface area (Å²) in [6.07, 6.45) is 2.28. The molecule has 2 aromatic heterocycles. The largest absolute Gasteiger partial charge is 0.496 e. The van der Waals surface area contributed by atoms with E-state index in [9.17, 15) is 9.59 Å². The van der Waals surface area contributed by atoms with Crippen LogP contribution in [0.1, 0.15) is 41.2 Å². The molecule has 146 valence electrons. The van der Waals surface area contributed by atoms with E-state index in [1.165, 1.54) is 17.6 Å². The third kappa shape index (κ3) is 4.77. The van der Waals surface area contributed by atoms with Crippen LogP contribution in [0.2, 0.25) is 0 Å². The van der Waals surface area contributed by atoms with Crippen LogP contribution in [0.5, 0.6) is 5.75 Å². The quantitative estimate of drug-likeness (QED) is 0.601. The first-order valence-corrected chi connectivity index (χ1v) is 9.70. The van der Waals surface area contributed by atoms with Crippen LogP contribution in [0.15, 0.2) is 52.5 Å². The molecule has 0 fully saturated rings. The Morgan fingerprint density at radius 2 is 2.07 bits per heavy atom. The van der Waals surface area contributed by atoms with Gasteiger partial charge in [-0.1, -0.05) is 25.1 Å². The van der Waals surface area contributed by atoms with Gasteiger partial charge in [0.2, 0.25) is 5.91 Å². The Bertz CT molecular complexity index is 937. The lowest BCUT2D eigenvalue weighted by molar-refractivity contribution is -0.121. The van der Waals surface area contributed by atoms with E-state index in [2.05, 4.69) is 15.6 Å². The Morgan fingerprint density at radius 3 is 2.79 bits per heavy atom. The molecule has 7 nitrogen and oxygen atoms in total. The average molecular weight is 399 g/mol. The number of methoxy groups -OCH3 is 1. The van der Waals surface area contributed by atoms with Crippen molar-refractivity contribution in [3.63, 3.8) is 0 Å². The van der Waals surface area contributed by atoms with E-state index in [0.29, 0.717) is 10.8 Å². The van der Waals surface area contributed by atoms with Crippen LogP contribution in [-0.4, -0.2) is 23.9 Å². The number of amides is 2. The molecule has 0 aliphatic heterocycles. The number of hydrogen-bond acceptors (Lipinski definition) is 6. The maximum absolute atomic E-state index is 12.5. The molecule has 0 bridgehead atoms. The topological polar surface area (TPSA) is 93.5 Å². The smallest absolute Gasteiger partial charge is 0.293 e. The van der Waals surface area contributed by atoms with Crippen LogP contribution in [0.3, 0.4) is 0 Å². The van der Waals surface area contributed by atoms with Crippen LogP contribution in [-0.2, 0) is 11.2 Å². The van der Waals surface area contributed by atoms with Gasteiger partial charge < -0.3 is 14.5 Å². The van der Waals surface area contributed by atoms with Gasteiger partial charge in [-0.25, -0.2) is 4.98 Å². The lowest BCUT2D eigenvalue weighted by Crippen LogP contribution is -2.29. The summed E-state index contributed by atoms with van der Waals surface area (Å²) in [5, 5.41) is 7.85. The number of carbonyl (C=O) groups is 2. The fourth-order valence-electron chi connectivity index (χ4n) is 2.78. The molecule has 1 unspecified atom stereocenters. The van der Waals surface area contributed by atoms with Gasteiger partial charge in [0.05, 0.1) is 31.5 Å². The minimum atomic E-state index is -0.377. The van der Waals surface area contributed by atoms with Crippen LogP contribution < -0.4 is 15.4 Å². The number of nitrogens with zero attached hydrogens (tertiary/aromatic N) is 1. The highest BCUT2D eigenvalue weighted by Crippen LogP contribution is 2.27. The number of hydrogen-bond donors (Lipinski definition) is 2. The number of aromatic nitrogens is 1. The van der Waals surface area contributed by atoms with E-state index in [1.807, 2.05) is 31.2 Å².